The summed E-state index contributed by atoms with van der Waals surface area (Å²) in [5, 5.41) is 14.6. The number of furan rings is 1. The second-order valence-electron chi connectivity index (χ2n) is 5.48. The first-order valence-electron chi connectivity index (χ1n) is 7.02. The number of carbonyl (C=O) groups is 2. The first kappa shape index (κ1) is 17.6. The predicted molar refractivity (Wildman–Crippen MR) is 81.0 cm³/mol. The van der Waals surface area contributed by atoms with Gasteiger partial charge in [-0.15, -0.1) is 0 Å². The van der Waals surface area contributed by atoms with E-state index in [0.717, 1.165) is 12.1 Å². The third-order valence-electron chi connectivity index (χ3n) is 3.19. The molecule has 128 valence electrons. The van der Waals surface area contributed by atoms with E-state index < -0.39 is 29.0 Å². The molecule has 24 heavy (non-hydrogen) atoms. The zero-order chi connectivity index (χ0) is 17.9. The van der Waals surface area contributed by atoms with Gasteiger partial charge in [0.05, 0.1) is 6.54 Å². The van der Waals surface area contributed by atoms with E-state index in [-0.39, 0.29) is 18.0 Å². The fourth-order valence-corrected chi connectivity index (χ4v) is 1.96. The van der Waals surface area contributed by atoms with Gasteiger partial charge < -0.3 is 20.2 Å². The van der Waals surface area contributed by atoms with E-state index >= 15 is 0 Å². The van der Waals surface area contributed by atoms with Gasteiger partial charge in [-0.3, -0.25) is 9.59 Å². The van der Waals surface area contributed by atoms with E-state index in [9.17, 15) is 23.5 Å². The fraction of sp³-hybridized carbons (Fsp3) is 0.250. The Kier molecular flexibility index (Phi) is 4.99. The van der Waals surface area contributed by atoms with Crippen LogP contribution in [0.25, 0.3) is 0 Å². The Bertz CT molecular complexity index is 751. The van der Waals surface area contributed by atoms with E-state index in [2.05, 4.69) is 10.6 Å². The average molecular weight is 338 g/mol. The zero-order valence-electron chi connectivity index (χ0n) is 13.0. The normalized spacial score (nSPS) is 13.2. The summed E-state index contributed by atoms with van der Waals surface area (Å²) in [6.45, 7) is 2.82. The molecule has 8 heteroatoms. The van der Waals surface area contributed by atoms with Gasteiger partial charge in [-0.25, -0.2) is 8.78 Å². The van der Waals surface area contributed by atoms with Gasteiger partial charge in [0.15, 0.2) is 0 Å². The SMILES string of the molecule is Cc1ccc(C(C)(O)CNC(=O)C(=O)Nc2cc(F)cc(F)c2)o1. The van der Waals surface area contributed by atoms with E-state index in [1.165, 1.54) is 6.92 Å². The Morgan fingerprint density at radius 1 is 1.17 bits per heavy atom. The Balaban J connectivity index is 1.95. The molecule has 0 saturated carbocycles. The third-order valence-corrected chi connectivity index (χ3v) is 3.19. The molecule has 0 aliphatic carbocycles. The minimum absolute atomic E-state index is 0.193. The molecule has 0 aliphatic heterocycles. The van der Waals surface area contributed by atoms with Crippen molar-refractivity contribution >= 4 is 17.5 Å². The van der Waals surface area contributed by atoms with Gasteiger partial charge >= 0.3 is 11.8 Å². The van der Waals surface area contributed by atoms with Crippen LogP contribution in [0.15, 0.2) is 34.7 Å². The molecule has 2 rings (SSSR count). The maximum atomic E-state index is 13.0. The van der Waals surface area contributed by atoms with Crippen LogP contribution < -0.4 is 10.6 Å². The van der Waals surface area contributed by atoms with Crippen LogP contribution in [0.2, 0.25) is 0 Å². The van der Waals surface area contributed by atoms with Crippen molar-refractivity contribution in [3.8, 4) is 0 Å². The summed E-state index contributed by atoms with van der Waals surface area (Å²) in [4.78, 5) is 23.5. The number of aliphatic hydroxyl groups is 1. The van der Waals surface area contributed by atoms with Crippen LogP contribution >= 0.6 is 0 Å². The largest absolute Gasteiger partial charge is 0.463 e. The van der Waals surface area contributed by atoms with Crippen LogP contribution in [-0.4, -0.2) is 23.5 Å². The number of anilines is 1. The molecule has 1 heterocycles. The molecule has 0 bridgehead atoms. The lowest BCUT2D eigenvalue weighted by Crippen LogP contribution is -2.43. The zero-order valence-corrected chi connectivity index (χ0v) is 13.0. The summed E-state index contributed by atoms with van der Waals surface area (Å²) < 4.78 is 31.4. The lowest BCUT2D eigenvalue weighted by atomic mass is 10.0. The van der Waals surface area contributed by atoms with Crippen molar-refractivity contribution in [1.82, 2.24) is 5.32 Å². The number of rotatable bonds is 4. The first-order chi connectivity index (χ1) is 11.2. The Hall–Kier alpha value is -2.74. The van der Waals surface area contributed by atoms with Crippen LogP contribution in [0.4, 0.5) is 14.5 Å². The number of hydrogen-bond acceptors (Lipinski definition) is 4. The molecule has 0 aliphatic rings. The molecule has 6 nitrogen and oxygen atoms in total. The van der Waals surface area contributed by atoms with Crippen molar-refractivity contribution in [2.24, 2.45) is 0 Å². The first-order valence-corrected chi connectivity index (χ1v) is 7.02. The van der Waals surface area contributed by atoms with Crippen molar-refractivity contribution in [3.63, 3.8) is 0 Å². The number of hydrogen-bond donors (Lipinski definition) is 3. The molecule has 0 saturated heterocycles. The minimum Gasteiger partial charge on any atom is -0.463 e. The van der Waals surface area contributed by atoms with Crippen LogP contribution in [0.1, 0.15) is 18.4 Å². The molecular formula is C16H16F2N2O4. The number of nitrogens with one attached hydrogen (secondary N) is 2. The van der Waals surface area contributed by atoms with E-state index in [0.29, 0.717) is 11.8 Å². The van der Waals surface area contributed by atoms with Crippen LogP contribution in [0, 0.1) is 18.6 Å². The van der Waals surface area contributed by atoms with Crippen molar-refractivity contribution in [1.29, 1.82) is 0 Å². The molecule has 1 aromatic carbocycles. The number of halogens is 2. The van der Waals surface area contributed by atoms with Crippen molar-refractivity contribution in [2.75, 3.05) is 11.9 Å². The van der Waals surface area contributed by atoms with E-state index in [1.54, 1.807) is 19.1 Å². The Labute approximate surface area is 136 Å². The van der Waals surface area contributed by atoms with E-state index in [1.807, 2.05) is 0 Å². The highest BCUT2D eigenvalue weighted by molar-refractivity contribution is 6.39. The highest BCUT2D eigenvalue weighted by atomic mass is 19.1. The van der Waals surface area contributed by atoms with Gasteiger partial charge in [0.2, 0.25) is 0 Å². The summed E-state index contributed by atoms with van der Waals surface area (Å²) in [6.07, 6.45) is 0. The van der Waals surface area contributed by atoms with E-state index in [4.69, 9.17) is 4.42 Å². The highest BCUT2D eigenvalue weighted by Gasteiger charge is 2.28. The molecule has 1 unspecified atom stereocenters. The van der Waals surface area contributed by atoms with Gasteiger partial charge in [-0.2, -0.15) is 0 Å². The van der Waals surface area contributed by atoms with Crippen molar-refractivity contribution in [3.05, 3.63) is 53.5 Å². The number of amides is 2. The van der Waals surface area contributed by atoms with Gasteiger partial charge in [0, 0.05) is 11.8 Å². The molecule has 2 amide bonds. The van der Waals surface area contributed by atoms with Gasteiger partial charge in [-0.05, 0) is 38.1 Å². The standard InChI is InChI=1S/C16H16F2N2O4/c1-9-3-4-13(24-9)16(2,23)8-19-14(21)15(22)20-12-6-10(17)5-11(18)7-12/h3-7,23H,8H2,1-2H3,(H,19,21)(H,20,22). The summed E-state index contributed by atoms with van der Waals surface area (Å²) in [7, 11) is 0. The number of carbonyl (C=O) groups excluding carboxylic acids is 2. The number of aryl methyl sites for hydroxylation is 1. The molecular weight excluding hydrogens is 322 g/mol. The predicted octanol–water partition coefficient (Wildman–Crippen LogP) is 1.83. The molecule has 1 atom stereocenters. The Morgan fingerprint density at radius 2 is 1.79 bits per heavy atom. The summed E-state index contributed by atoms with van der Waals surface area (Å²) >= 11 is 0. The number of benzene rings is 1. The minimum atomic E-state index is -1.52. The monoisotopic (exact) mass is 338 g/mol. The quantitative estimate of drug-likeness (QED) is 0.742. The summed E-state index contributed by atoms with van der Waals surface area (Å²) in [6, 6.07) is 5.58. The molecule has 1 aromatic heterocycles. The van der Waals surface area contributed by atoms with Gasteiger partial charge in [0.25, 0.3) is 0 Å². The maximum Gasteiger partial charge on any atom is 0.313 e. The average Bonchev–Trinajstić information content (AvgIpc) is 2.91. The maximum absolute atomic E-state index is 13.0. The lowest BCUT2D eigenvalue weighted by Gasteiger charge is -2.21. The van der Waals surface area contributed by atoms with Crippen LogP contribution in [0.5, 0.6) is 0 Å². The van der Waals surface area contributed by atoms with Crippen LogP contribution in [-0.2, 0) is 15.2 Å². The second kappa shape index (κ2) is 6.79. The lowest BCUT2D eigenvalue weighted by molar-refractivity contribution is -0.136. The smallest absolute Gasteiger partial charge is 0.313 e. The van der Waals surface area contributed by atoms with Gasteiger partial charge in [0.1, 0.15) is 28.8 Å². The van der Waals surface area contributed by atoms with Crippen molar-refractivity contribution < 1.29 is 27.9 Å². The Morgan fingerprint density at radius 3 is 2.33 bits per heavy atom. The highest BCUT2D eigenvalue weighted by Crippen LogP contribution is 2.21. The summed E-state index contributed by atoms with van der Waals surface area (Å²) in [5.41, 5.74) is -1.71. The summed E-state index contributed by atoms with van der Waals surface area (Å²) in [5.74, 6) is -3.14. The molecule has 0 fully saturated rings. The molecule has 0 spiro atoms. The molecule has 3 N–H and O–H groups in total. The topological polar surface area (TPSA) is 91.6 Å². The second-order valence-corrected chi connectivity index (χ2v) is 5.48. The fourth-order valence-electron chi connectivity index (χ4n) is 1.96. The van der Waals surface area contributed by atoms with Crippen LogP contribution in [0.3, 0.4) is 0 Å². The molecule has 2 aromatic rings. The molecule has 0 radical (unpaired) electrons. The third kappa shape index (κ3) is 4.39. The van der Waals surface area contributed by atoms with Crippen molar-refractivity contribution in [2.45, 2.75) is 19.4 Å². The van der Waals surface area contributed by atoms with Gasteiger partial charge in [-0.1, -0.05) is 0 Å².